The number of rotatable bonds is 10. The lowest BCUT2D eigenvalue weighted by Crippen LogP contribution is -2.53. The molecule has 1 saturated carbocycles. The first kappa shape index (κ1) is 27.2. The average molecular weight is 520 g/mol. The van der Waals surface area contributed by atoms with Gasteiger partial charge in [-0.05, 0) is 56.0 Å². The lowest BCUT2D eigenvalue weighted by molar-refractivity contribution is -0.140. The van der Waals surface area contributed by atoms with Crippen LogP contribution < -0.4 is 5.32 Å². The van der Waals surface area contributed by atoms with Crippen molar-refractivity contribution in [2.24, 2.45) is 0 Å². The van der Waals surface area contributed by atoms with E-state index in [1.807, 2.05) is 30.3 Å². The summed E-state index contributed by atoms with van der Waals surface area (Å²) in [6, 6.07) is 14.9. The molecule has 2 amide bonds. The van der Waals surface area contributed by atoms with Crippen LogP contribution >= 0.6 is 11.6 Å². The summed E-state index contributed by atoms with van der Waals surface area (Å²) in [4.78, 5) is 28.0. The molecule has 1 fully saturated rings. The van der Waals surface area contributed by atoms with Gasteiger partial charge in [0.2, 0.25) is 21.8 Å². The number of hydrogen-bond donors (Lipinski definition) is 1. The van der Waals surface area contributed by atoms with Crippen molar-refractivity contribution in [1.82, 2.24) is 14.5 Å². The Balaban J connectivity index is 1.73. The van der Waals surface area contributed by atoms with Crippen LogP contribution in [0.2, 0.25) is 5.02 Å². The minimum absolute atomic E-state index is 0.0520. The molecule has 1 atom stereocenters. The molecule has 35 heavy (non-hydrogen) atoms. The van der Waals surface area contributed by atoms with Crippen molar-refractivity contribution < 1.29 is 18.0 Å². The number of carbonyl (C=O) groups is 2. The molecule has 0 saturated heterocycles. The molecule has 1 aliphatic rings. The maximum Gasteiger partial charge on any atom is 0.243 e. The molecular weight excluding hydrogens is 486 g/mol. The van der Waals surface area contributed by atoms with Gasteiger partial charge in [-0.25, -0.2) is 8.42 Å². The second-order valence-corrected chi connectivity index (χ2v) is 11.5. The van der Waals surface area contributed by atoms with Crippen LogP contribution in [0.25, 0.3) is 0 Å². The molecule has 0 unspecified atom stereocenters. The second-order valence-electron chi connectivity index (χ2n) is 9.06. The fourth-order valence-corrected chi connectivity index (χ4v) is 5.54. The van der Waals surface area contributed by atoms with Crippen LogP contribution in [0.15, 0.2) is 59.5 Å². The number of benzene rings is 2. The van der Waals surface area contributed by atoms with Gasteiger partial charge in [0.1, 0.15) is 6.04 Å². The Hall–Kier alpha value is -2.42. The lowest BCUT2D eigenvalue weighted by Gasteiger charge is -2.32. The van der Waals surface area contributed by atoms with Gasteiger partial charge in [0.25, 0.3) is 0 Å². The summed E-state index contributed by atoms with van der Waals surface area (Å²) in [6.07, 6.45) is 5.79. The molecule has 0 radical (unpaired) electrons. The predicted octanol–water partition coefficient (Wildman–Crippen LogP) is 3.87. The highest BCUT2D eigenvalue weighted by Crippen LogP contribution is 2.19. The number of hydrogen-bond acceptors (Lipinski definition) is 4. The van der Waals surface area contributed by atoms with Crippen LogP contribution in [0, 0.1) is 0 Å². The molecule has 1 N–H and O–H groups in total. The van der Waals surface area contributed by atoms with Gasteiger partial charge in [0, 0.05) is 24.7 Å². The quantitative estimate of drug-likeness (QED) is 0.516. The molecule has 7 nitrogen and oxygen atoms in total. The van der Waals surface area contributed by atoms with Gasteiger partial charge in [0.05, 0.1) is 11.4 Å². The maximum absolute atomic E-state index is 13.4. The van der Waals surface area contributed by atoms with E-state index >= 15 is 0 Å². The highest BCUT2D eigenvalue weighted by Gasteiger charge is 2.31. The second kappa shape index (κ2) is 12.5. The van der Waals surface area contributed by atoms with Gasteiger partial charge in [-0.3, -0.25) is 9.59 Å². The minimum Gasteiger partial charge on any atom is -0.352 e. The number of amides is 2. The zero-order valence-corrected chi connectivity index (χ0v) is 21.9. The van der Waals surface area contributed by atoms with E-state index in [0.717, 1.165) is 35.6 Å². The Kier molecular flexibility index (Phi) is 9.71. The van der Waals surface area contributed by atoms with E-state index in [1.54, 1.807) is 6.92 Å². The van der Waals surface area contributed by atoms with Crippen molar-refractivity contribution in [3.63, 3.8) is 0 Å². The maximum atomic E-state index is 13.4. The molecule has 190 valence electrons. The van der Waals surface area contributed by atoms with Crippen molar-refractivity contribution in [1.29, 1.82) is 0 Å². The first-order chi connectivity index (χ1) is 16.7. The number of carbonyl (C=O) groups excluding carboxylic acids is 2. The monoisotopic (exact) mass is 519 g/mol. The molecule has 3 rings (SSSR count). The van der Waals surface area contributed by atoms with Gasteiger partial charge in [-0.15, -0.1) is 0 Å². The molecule has 0 spiro atoms. The van der Waals surface area contributed by atoms with Crippen LogP contribution in [-0.4, -0.2) is 61.7 Å². The van der Waals surface area contributed by atoms with Crippen molar-refractivity contribution in [3.05, 3.63) is 65.2 Å². The van der Waals surface area contributed by atoms with E-state index < -0.39 is 22.0 Å². The van der Waals surface area contributed by atoms with Gasteiger partial charge in [-0.1, -0.05) is 61.2 Å². The number of halogens is 1. The molecule has 2 aromatic carbocycles. The average Bonchev–Trinajstić information content (AvgIpc) is 2.85. The third-order valence-corrected chi connectivity index (χ3v) is 8.55. The molecule has 9 heteroatoms. The van der Waals surface area contributed by atoms with E-state index in [-0.39, 0.29) is 23.4 Å². The van der Waals surface area contributed by atoms with E-state index in [9.17, 15) is 18.0 Å². The number of sulfonamides is 1. The highest BCUT2D eigenvalue weighted by molar-refractivity contribution is 7.89. The van der Waals surface area contributed by atoms with Crippen LogP contribution in [0.3, 0.4) is 0 Å². The summed E-state index contributed by atoms with van der Waals surface area (Å²) in [6.45, 7) is 1.63. The van der Waals surface area contributed by atoms with Crippen molar-refractivity contribution in [2.75, 3.05) is 20.1 Å². The third kappa shape index (κ3) is 7.53. The fourth-order valence-electron chi connectivity index (χ4n) is 4.29. The van der Waals surface area contributed by atoms with E-state index in [4.69, 9.17) is 11.6 Å². The predicted molar refractivity (Wildman–Crippen MR) is 138 cm³/mol. The van der Waals surface area contributed by atoms with Crippen molar-refractivity contribution >= 4 is 33.4 Å². The van der Waals surface area contributed by atoms with Crippen LogP contribution in [0.5, 0.6) is 0 Å². The van der Waals surface area contributed by atoms with Gasteiger partial charge < -0.3 is 10.2 Å². The molecule has 1 aliphatic carbocycles. The summed E-state index contributed by atoms with van der Waals surface area (Å²) in [7, 11) is -2.53. The summed E-state index contributed by atoms with van der Waals surface area (Å²) >= 11 is 5.88. The first-order valence-corrected chi connectivity index (χ1v) is 13.9. The zero-order valence-electron chi connectivity index (χ0n) is 20.3. The standard InChI is InChI=1S/C26H34ClN3O4S/c1-20(26(32)28-23-11-7-4-8-12-23)30(18-17-21-9-5-3-6-10-21)25(31)19-29(2)35(33,34)24-15-13-22(27)14-16-24/h3,5-6,9-10,13-16,20,23H,4,7-8,11-12,17-19H2,1-2H3,(H,28,32)/t20-/m1/s1. The zero-order chi connectivity index (χ0) is 25.4. The third-order valence-electron chi connectivity index (χ3n) is 6.48. The Morgan fingerprint density at radius 2 is 1.66 bits per heavy atom. The number of likely N-dealkylation sites (N-methyl/N-ethyl adjacent to an activating group) is 1. The van der Waals surface area contributed by atoms with Crippen molar-refractivity contribution in [2.45, 2.75) is 62.4 Å². The molecule has 2 aromatic rings. The minimum atomic E-state index is -3.89. The molecule has 0 aliphatic heterocycles. The van der Waals surface area contributed by atoms with Gasteiger partial charge in [-0.2, -0.15) is 4.31 Å². The smallest absolute Gasteiger partial charge is 0.243 e. The SMILES string of the molecule is C[C@H](C(=O)NC1CCCCC1)N(CCc1ccccc1)C(=O)CN(C)S(=O)(=O)c1ccc(Cl)cc1. The summed E-state index contributed by atoms with van der Waals surface area (Å²) in [5.41, 5.74) is 1.03. The van der Waals surface area contributed by atoms with Crippen LogP contribution in [-0.2, 0) is 26.0 Å². The molecule has 0 bridgehead atoms. The lowest BCUT2D eigenvalue weighted by atomic mass is 9.95. The number of nitrogens with zero attached hydrogens (tertiary/aromatic N) is 2. The van der Waals surface area contributed by atoms with Crippen LogP contribution in [0.1, 0.15) is 44.6 Å². The molecule has 0 heterocycles. The first-order valence-electron chi connectivity index (χ1n) is 12.0. The van der Waals surface area contributed by atoms with Crippen LogP contribution in [0.4, 0.5) is 0 Å². The largest absolute Gasteiger partial charge is 0.352 e. The summed E-state index contributed by atoms with van der Waals surface area (Å²) < 4.78 is 27.0. The Labute approximate surface area is 213 Å². The Bertz CT molecular complexity index is 1090. The summed E-state index contributed by atoms with van der Waals surface area (Å²) in [5.74, 6) is -0.631. The summed E-state index contributed by atoms with van der Waals surface area (Å²) in [5, 5.41) is 3.51. The van der Waals surface area contributed by atoms with E-state index in [0.29, 0.717) is 18.0 Å². The van der Waals surface area contributed by atoms with E-state index in [2.05, 4.69) is 5.32 Å². The molecule has 0 aromatic heterocycles. The highest BCUT2D eigenvalue weighted by atomic mass is 35.5. The molecular formula is C26H34ClN3O4S. The fraction of sp³-hybridized carbons (Fsp3) is 0.462. The number of nitrogens with one attached hydrogen (secondary N) is 1. The normalized spacial score (nSPS) is 15.5. The topological polar surface area (TPSA) is 86.8 Å². The Morgan fingerprint density at radius 1 is 1.03 bits per heavy atom. The Morgan fingerprint density at radius 3 is 2.29 bits per heavy atom. The van der Waals surface area contributed by atoms with E-state index in [1.165, 1.54) is 42.6 Å². The van der Waals surface area contributed by atoms with Crippen molar-refractivity contribution in [3.8, 4) is 0 Å². The van der Waals surface area contributed by atoms with Gasteiger partial charge >= 0.3 is 0 Å². The van der Waals surface area contributed by atoms with Gasteiger partial charge in [0.15, 0.2) is 0 Å².